The van der Waals surface area contributed by atoms with Crippen LogP contribution >= 0.6 is 11.3 Å². The summed E-state index contributed by atoms with van der Waals surface area (Å²) < 4.78 is 0. The summed E-state index contributed by atoms with van der Waals surface area (Å²) in [7, 11) is 0. The Labute approximate surface area is 117 Å². The molecule has 2 rings (SSSR count). The van der Waals surface area contributed by atoms with Gasteiger partial charge in [-0.1, -0.05) is 11.8 Å². The minimum atomic E-state index is -0.191. The Bertz CT molecular complexity index is 501. The highest BCUT2D eigenvalue weighted by Crippen LogP contribution is 2.21. The number of thiophene rings is 1. The van der Waals surface area contributed by atoms with Gasteiger partial charge in [0.15, 0.2) is 0 Å². The number of likely N-dealkylation sites (tertiary alicyclic amines) is 1. The van der Waals surface area contributed by atoms with Crippen molar-refractivity contribution in [2.75, 3.05) is 19.7 Å². The van der Waals surface area contributed by atoms with Crippen LogP contribution in [-0.2, 0) is 11.3 Å². The lowest BCUT2D eigenvalue weighted by Crippen LogP contribution is -2.27. The van der Waals surface area contributed by atoms with Crippen molar-refractivity contribution in [1.29, 1.82) is 0 Å². The molecular weight excluding hydrogens is 260 g/mol. The summed E-state index contributed by atoms with van der Waals surface area (Å²) >= 11 is 1.68. The molecule has 1 unspecified atom stereocenters. The van der Waals surface area contributed by atoms with Gasteiger partial charge in [0.2, 0.25) is 5.91 Å². The monoisotopic (exact) mass is 278 g/mol. The number of aliphatic hydroxyl groups excluding tert-OH is 1. The van der Waals surface area contributed by atoms with Crippen LogP contribution in [0.2, 0.25) is 0 Å². The molecule has 0 aliphatic carbocycles. The molecule has 1 saturated heterocycles. The van der Waals surface area contributed by atoms with E-state index in [0.29, 0.717) is 6.42 Å². The van der Waals surface area contributed by atoms with Crippen molar-refractivity contribution >= 4 is 17.2 Å². The third-order valence-electron chi connectivity index (χ3n) is 3.18. The number of hydrogen-bond acceptors (Lipinski definition) is 4. The zero-order valence-corrected chi connectivity index (χ0v) is 11.6. The molecular formula is C14H18N2O2S. The predicted octanol–water partition coefficient (Wildman–Crippen LogP) is 0.789. The second-order valence-corrected chi connectivity index (χ2v) is 5.70. The Morgan fingerprint density at radius 3 is 3.16 bits per heavy atom. The normalized spacial score (nSPS) is 19.1. The molecule has 0 radical (unpaired) electrons. The first-order valence-corrected chi connectivity index (χ1v) is 7.26. The molecule has 0 saturated carbocycles. The van der Waals surface area contributed by atoms with Gasteiger partial charge < -0.3 is 10.8 Å². The van der Waals surface area contributed by atoms with Crippen molar-refractivity contribution in [2.45, 2.75) is 19.4 Å². The second-order valence-electron chi connectivity index (χ2n) is 4.70. The highest BCUT2D eigenvalue weighted by atomic mass is 32.1. The van der Waals surface area contributed by atoms with Gasteiger partial charge in [0.05, 0.1) is 12.5 Å². The van der Waals surface area contributed by atoms with Crippen LogP contribution in [0.1, 0.15) is 23.3 Å². The van der Waals surface area contributed by atoms with Gasteiger partial charge in [0, 0.05) is 35.3 Å². The van der Waals surface area contributed by atoms with Crippen molar-refractivity contribution in [2.24, 2.45) is 11.7 Å². The lowest BCUT2D eigenvalue weighted by Gasteiger charge is -2.13. The average molecular weight is 278 g/mol. The quantitative estimate of drug-likeness (QED) is 0.800. The van der Waals surface area contributed by atoms with E-state index in [1.165, 1.54) is 4.88 Å². The number of nitrogens with zero attached hydrogens (tertiary/aromatic N) is 1. The Morgan fingerprint density at radius 1 is 1.63 bits per heavy atom. The first-order chi connectivity index (χ1) is 9.19. The Kier molecular flexibility index (Phi) is 4.97. The van der Waals surface area contributed by atoms with E-state index in [2.05, 4.69) is 22.8 Å². The van der Waals surface area contributed by atoms with E-state index in [-0.39, 0.29) is 18.4 Å². The number of nitrogens with two attached hydrogens (primary N) is 1. The van der Waals surface area contributed by atoms with E-state index >= 15 is 0 Å². The molecule has 0 bridgehead atoms. The summed E-state index contributed by atoms with van der Waals surface area (Å²) in [4.78, 5) is 14.6. The highest BCUT2D eigenvalue weighted by molar-refractivity contribution is 7.10. The van der Waals surface area contributed by atoms with Crippen molar-refractivity contribution in [3.8, 4) is 11.8 Å². The van der Waals surface area contributed by atoms with E-state index in [9.17, 15) is 4.79 Å². The number of hydrogen-bond donors (Lipinski definition) is 2. The van der Waals surface area contributed by atoms with Gasteiger partial charge in [0.1, 0.15) is 0 Å². The molecule has 102 valence electrons. The molecule has 0 aromatic carbocycles. The van der Waals surface area contributed by atoms with Crippen LogP contribution in [0.3, 0.4) is 0 Å². The molecule has 1 aromatic rings. The van der Waals surface area contributed by atoms with E-state index < -0.39 is 0 Å². The number of aliphatic hydroxyl groups is 1. The van der Waals surface area contributed by atoms with E-state index in [1.807, 2.05) is 5.38 Å². The maximum Gasteiger partial charge on any atom is 0.221 e. The summed E-state index contributed by atoms with van der Waals surface area (Å²) in [5, 5.41) is 10.7. The number of primary amides is 1. The molecule has 1 fully saturated rings. The number of amides is 1. The van der Waals surface area contributed by atoms with Crippen LogP contribution in [0.4, 0.5) is 0 Å². The van der Waals surface area contributed by atoms with E-state index in [4.69, 9.17) is 10.8 Å². The maximum absolute atomic E-state index is 11.1. The first-order valence-electron chi connectivity index (χ1n) is 6.38. The summed E-state index contributed by atoms with van der Waals surface area (Å²) in [5.74, 6) is 5.75. The van der Waals surface area contributed by atoms with Gasteiger partial charge in [0.25, 0.3) is 0 Å². The minimum absolute atomic E-state index is 0.00350. The zero-order valence-electron chi connectivity index (χ0n) is 10.8. The number of carbonyl (C=O) groups excluding carboxylic acids is 1. The lowest BCUT2D eigenvalue weighted by molar-refractivity contribution is -0.121. The Hall–Kier alpha value is -1.35. The molecule has 4 nitrogen and oxygen atoms in total. The molecule has 1 atom stereocenters. The predicted molar refractivity (Wildman–Crippen MR) is 75.5 cm³/mol. The van der Waals surface area contributed by atoms with Gasteiger partial charge in [-0.3, -0.25) is 9.69 Å². The molecule has 0 spiro atoms. The van der Waals surface area contributed by atoms with Crippen LogP contribution in [0.25, 0.3) is 0 Å². The van der Waals surface area contributed by atoms with Gasteiger partial charge in [-0.15, -0.1) is 11.3 Å². The van der Waals surface area contributed by atoms with Gasteiger partial charge in [-0.25, -0.2) is 0 Å². The third-order valence-corrected chi connectivity index (χ3v) is 4.10. The van der Waals surface area contributed by atoms with E-state index in [1.54, 1.807) is 11.3 Å². The summed E-state index contributed by atoms with van der Waals surface area (Å²) in [6, 6.07) is 2.08. The molecule has 1 aliphatic rings. The standard InChI is InChI=1S/C14H18N2O2S/c15-14(18)12-4-5-16(8-12)9-13-7-11(10-19-13)3-1-2-6-17/h7,10,12,17H,2,4-6,8-9H2,(H2,15,18). The van der Waals surface area contributed by atoms with Gasteiger partial charge in [-0.05, 0) is 19.0 Å². The highest BCUT2D eigenvalue weighted by Gasteiger charge is 2.26. The van der Waals surface area contributed by atoms with Crippen molar-refractivity contribution in [3.05, 3.63) is 21.9 Å². The number of carbonyl (C=O) groups is 1. The minimum Gasteiger partial charge on any atom is -0.395 e. The lowest BCUT2D eigenvalue weighted by atomic mass is 10.1. The van der Waals surface area contributed by atoms with E-state index in [0.717, 1.165) is 31.6 Å². The fourth-order valence-electron chi connectivity index (χ4n) is 2.18. The smallest absolute Gasteiger partial charge is 0.221 e. The molecule has 1 amide bonds. The van der Waals surface area contributed by atoms with Gasteiger partial charge in [-0.2, -0.15) is 0 Å². The molecule has 1 aromatic heterocycles. The third kappa shape index (κ3) is 4.06. The molecule has 1 aliphatic heterocycles. The second kappa shape index (κ2) is 6.71. The first kappa shape index (κ1) is 14.1. The Morgan fingerprint density at radius 2 is 2.47 bits per heavy atom. The molecule has 5 heteroatoms. The average Bonchev–Trinajstić information content (AvgIpc) is 3.00. The van der Waals surface area contributed by atoms with Crippen LogP contribution in [0, 0.1) is 17.8 Å². The SMILES string of the molecule is NC(=O)C1CCN(Cc2cc(C#CCCO)cs2)C1. The maximum atomic E-state index is 11.1. The van der Waals surface area contributed by atoms with Crippen LogP contribution in [0.5, 0.6) is 0 Å². The van der Waals surface area contributed by atoms with Crippen molar-refractivity contribution in [1.82, 2.24) is 4.90 Å². The number of rotatable bonds is 4. The fraction of sp³-hybridized carbons (Fsp3) is 0.500. The topological polar surface area (TPSA) is 66.6 Å². The molecule has 3 N–H and O–H groups in total. The largest absolute Gasteiger partial charge is 0.395 e. The summed E-state index contributed by atoms with van der Waals surface area (Å²) in [6.45, 7) is 2.65. The zero-order chi connectivity index (χ0) is 13.7. The van der Waals surface area contributed by atoms with Crippen molar-refractivity contribution < 1.29 is 9.90 Å². The summed E-state index contributed by atoms with van der Waals surface area (Å²) in [5.41, 5.74) is 6.32. The fourth-order valence-corrected chi connectivity index (χ4v) is 3.04. The Balaban J connectivity index is 1.87. The van der Waals surface area contributed by atoms with Gasteiger partial charge >= 0.3 is 0 Å². The molecule has 2 heterocycles. The summed E-state index contributed by atoms with van der Waals surface area (Å²) in [6.07, 6.45) is 1.38. The van der Waals surface area contributed by atoms with Crippen molar-refractivity contribution in [3.63, 3.8) is 0 Å². The molecule has 19 heavy (non-hydrogen) atoms. The van der Waals surface area contributed by atoms with Crippen LogP contribution in [0.15, 0.2) is 11.4 Å². The van der Waals surface area contributed by atoms with Crippen LogP contribution in [-0.4, -0.2) is 35.6 Å². The van der Waals surface area contributed by atoms with Crippen LogP contribution < -0.4 is 5.73 Å².